The Morgan fingerprint density at radius 1 is 1.27 bits per heavy atom. The van der Waals surface area contributed by atoms with Gasteiger partial charge in [0, 0.05) is 50.4 Å². The monoisotopic (exact) mass is 306 g/mol. The molecule has 1 fully saturated rings. The van der Waals surface area contributed by atoms with Crippen molar-refractivity contribution in [1.82, 2.24) is 9.80 Å². The van der Waals surface area contributed by atoms with Crippen LogP contribution < -0.4 is 4.74 Å². The molecule has 1 N–H and O–H groups in total. The molecule has 1 saturated heterocycles. The van der Waals surface area contributed by atoms with Gasteiger partial charge >= 0.3 is 0 Å². The number of hydrogen-bond acceptors (Lipinski definition) is 4. The number of ether oxygens (including phenoxy) is 1. The van der Waals surface area contributed by atoms with E-state index in [0.717, 1.165) is 38.3 Å². The summed E-state index contributed by atoms with van der Waals surface area (Å²) < 4.78 is 5.75. The van der Waals surface area contributed by atoms with Crippen LogP contribution in [0, 0.1) is 0 Å². The van der Waals surface area contributed by atoms with Crippen molar-refractivity contribution in [3.63, 3.8) is 0 Å². The van der Waals surface area contributed by atoms with Gasteiger partial charge < -0.3 is 9.84 Å². The molecule has 1 heterocycles. The van der Waals surface area contributed by atoms with E-state index >= 15 is 0 Å². The van der Waals surface area contributed by atoms with Gasteiger partial charge in [-0.05, 0) is 33.3 Å². The molecular formula is C18H30N2O2. The highest BCUT2D eigenvalue weighted by Gasteiger charge is 2.28. The summed E-state index contributed by atoms with van der Waals surface area (Å²) >= 11 is 0. The average Bonchev–Trinajstić information content (AvgIpc) is 2.51. The van der Waals surface area contributed by atoms with E-state index in [2.05, 4.69) is 35.8 Å². The second-order valence-electron chi connectivity index (χ2n) is 6.27. The van der Waals surface area contributed by atoms with Crippen molar-refractivity contribution in [3.8, 4) is 5.75 Å². The Kier molecular flexibility index (Phi) is 6.68. The molecule has 2 rings (SSSR count). The molecule has 0 bridgehead atoms. The van der Waals surface area contributed by atoms with Gasteiger partial charge in [0.05, 0.1) is 6.61 Å². The van der Waals surface area contributed by atoms with Gasteiger partial charge in [-0.3, -0.25) is 9.80 Å². The van der Waals surface area contributed by atoms with Gasteiger partial charge in [0.15, 0.2) is 0 Å². The van der Waals surface area contributed by atoms with Crippen LogP contribution in [0.2, 0.25) is 0 Å². The Balaban J connectivity index is 2.07. The zero-order valence-electron chi connectivity index (χ0n) is 14.2. The standard InChI is InChI=1S/C18H30N2O2/c1-4-22-18-8-6-5-7-16(18)13-20-11-10-19(15(2)3)14-17(20)9-12-21/h5-8,15,17,21H,4,9-14H2,1-3H3/t17-/m1/s1. The predicted octanol–water partition coefficient (Wildman–Crippen LogP) is 2.36. The third kappa shape index (κ3) is 4.45. The topological polar surface area (TPSA) is 35.9 Å². The summed E-state index contributed by atoms with van der Waals surface area (Å²) in [5.41, 5.74) is 1.24. The van der Waals surface area contributed by atoms with Gasteiger partial charge in [0.2, 0.25) is 0 Å². The summed E-state index contributed by atoms with van der Waals surface area (Å²) in [4.78, 5) is 5.00. The number of aliphatic hydroxyl groups excluding tert-OH is 1. The fraction of sp³-hybridized carbons (Fsp3) is 0.667. The van der Waals surface area contributed by atoms with Gasteiger partial charge in [0.1, 0.15) is 5.75 Å². The minimum absolute atomic E-state index is 0.250. The van der Waals surface area contributed by atoms with Gasteiger partial charge in [-0.2, -0.15) is 0 Å². The van der Waals surface area contributed by atoms with Crippen LogP contribution in [0.25, 0.3) is 0 Å². The normalized spacial score (nSPS) is 20.5. The highest BCUT2D eigenvalue weighted by molar-refractivity contribution is 5.33. The first-order chi connectivity index (χ1) is 10.7. The van der Waals surface area contributed by atoms with Crippen LogP contribution in [0.3, 0.4) is 0 Å². The summed E-state index contributed by atoms with van der Waals surface area (Å²) in [7, 11) is 0. The third-order valence-corrected chi connectivity index (χ3v) is 4.47. The van der Waals surface area contributed by atoms with Crippen LogP contribution in [0.5, 0.6) is 5.75 Å². The second kappa shape index (κ2) is 8.51. The molecule has 0 saturated carbocycles. The number of para-hydroxylation sites is 1. The lowest BCUT2D eigenvalue weighted by molar-refractivity contribution is 0.0384. The number of aliphatic hydroxyl groups is 1. The first-order valence-electron chi connectivity index (χ1n) is 8.45. The zero-order valence-corrected chi connectivity index (χ0v) is 14.2. The number of piperazine rings is 1. The van der Waals surface area contributed by atoms with Gasteiger partial charge in [0.25, 0.3) is 0 Å². The van der Waals surface area contributed by atoms with Crippen molar-refractivity contribution >= 4 is 0 Å². The molecule has 0 radical (unpaired) electrons. The van der Waals surface area contributed by atoms with E-state index in [0.29, 0.717) is 18.7 Å². The van der Waals surface area contributed by atoms with E-state index in [9.17, 15) is 5.11 Å². The summed E-state index contributed by atoms with van der Waals surface area (Å²) in [6.07, 6.45) is 0.833. The molecule has 4 nitrogen and oxygen atoms in total. The summed E-state index contributed by atoms with van der Waals surface area (Å²) in [5.74, 6) is 0.985. The van der Waals surface area contributed by atoms with E-state index in [1.54, 1.807) is 0 Å². The zero-order chi connectivity index (χ0) is 15.9. The highest BCUT2D eigenvalue weighted by Crippen LogP contribution is 2.23. The van der Waals surface area contributed by atoms with Crippen molar-refractivity contribution in [1.29, 1.82) is 0 Å². The Hall–Kier alpha value is -1.10. The molecule has 0 aromatic heterocycles. The summed E-state index contributed by atoms with van der Waals surface area (Å²) in [5, 5.41) is 9.40. The third-order valence-electron chi connectivity index (χ3n) is 4.47. The van der Waals surface area contributed by atoms with E-state index in [4.69, 9.17) is 4.74 Å². The smallest absolute Gasteiger partial charge is 0.123 e. The van der Waals surface area contributed by atoms with E-state index in [1.807, 2.05) is 19.1 Å². The van der Waals surface area contributed by atoms with Gasteiger partial charge in [-0.25, -0.2) is 0 Å². The summed E-state index contributed by atoms with van der Waals surface area (Å²) in [6.45, 7) is 11.5. The Morgan fingerprint density at radius 3 is 2.73 bits per heavy atom. The maximum absolute atomic E-state index is 9.40. The number of hydrogen-bond donors (Lipinski definition) is 1. The van der Waals surface area contributed by atoms with Gasteiger partial charge in [-0.1, -0.05) is 18.2 Å². The first kappa shape index (κ1) is 17.3. The van der Waals surface area contributed by atoms with Crippen LogP contribution in [0.4, 0.5) is 0 Å². The lowest BCUT2D eigenvalue weighted by atomic mass is 10.1. The van der Waals surface area contributed by atoms with E-state index < -0.39 is 0 Å². The minimum Gasteiger partial charge on any atom is -0.494 e. The number of rotatable bonds is 7. The van der Waals surface area contributed by atoms with Crippen LogP contribution in [-0.4, -0.2) is 59.8 Å². The fourth-order valence-electron chi connectivity index (χ4n) is 3.17. The molecule has 1 aliphatic rings. The molecule has 4 heteroatoms. The van der Waals surface area contributed by atoms with Crippen molar-refractivity contribution in [2.75, 3.05) is 32.8 Å². The highest BCUT2D eigenvalue weighted by atomic mass is 16.5. The first-order valence-corrected chi connectivity index (χ1v) is 8.45. The van der Waals surface area contributed by atoms with Crippen molar-refractivity contribution in [2.45, 2.75) is 45.8 Å². The fourth-order valence-corrected chi connectivity index (χ4v) is 3.17. The molecule has 1 aromatic carbocycles. The molecule has 0 aliphatic carbocycles. The molecule has 124 valence electrons. The van der Waals surface area contributed by atoms with Crippen LogP contribution in [-0.2, 0) is 6.54 Å². The molecule has 1 aliphatic heterocycles. The Morgan fingerprint density at radius 2 is 2.05 bits per heavy atom. The molecule has 0 unspecified atom stereocenters. The maximum atomic E-state index is 9.40. The van der Waals surface area contributed by atoms with Crippen LogP contribution in [0.15, 0.2) is 24.3 Å². The summed E-state index contributed by atoms with van der Waals surface area (Å²) in [6, 6.07) is 9.27. The van der Waals surface area contributed by atoms with Crippen molar-refractivity contribution in [2.24, 2.45) is 0 Å². The molecule has 0 amide bonds. The quantitative estimate of drug-likeness (QED) is 0.839. The van der Waals surface area contributed by atoms with Gasteiger partial charge in [-0.15, -0.1) is 0 Å². The van der Waals surface area contributed by atoms with Crippen LogP contribution >= 0.6 is 0 Å². The number of benzene rings is 1. The average molecular weight is 306 g/mol. The van der Waals surface area contributed by atoms with E-state index in [1.165, 1.54) is 5.56 Å². The Labute approximate surface area is 134 Å². The lowest BCUT2D eigenvalue weighted by Gasteiger charge is -2.43. The molecule has 1 aromatic rings. The molecule has 1 atom stereocenters. The van der Waals surface area contributed by atoms with Crippen molar-refractivity contribution in [3.05, 3.63) is 29.8 Å². The number of nitrogens with zero attached hydrogens (tertiary/aromatic N) is 2. The largest absolute Gasteiger partial charge is 0.494 e. The van der Waals surface area contributed by atoms with Crippen LogP contribution in [0.1, 0.15) is 32.8 Å². The predicted molar refractivity (Wildman–Crippen MR) is 90.2 cm³/mol. The van der Waals surface area contributed by atoms with E-state index in [-0.39, 0.29) is 6.61 Å². The molecule has 0 spiro atoms. The Bertz CT molecular complexity index is 450. The maximum Gasteiger partial charge on any atom is 0.123 e. The van der Waals surface area contributed by atoms with Crippen molar-refractivity contribution < 1.29 is 9.84 Å². The molecule has 22 heavy (non-hydrogen) atoms. The lowest BCUT2D eigenvalue weighted by Crippen LogP contribution is -2.54. The SMILES string of the molecule is CCOc1ccccc1CN1CCN(C(C)C)C[C@H]1CCO. The second-order valence-corrected chi connectivity index (χ2v) is 6.27. The molecular weight excluding hydrogens is 276 g/mol. The minimum atomic E-state index is 0.250.